The number of carbonyl (C=O) groups is 1. The van der Waals surface area contributed by atoms with Gasteiger partial charge in [-0.1, -0.05) is 48.1 Å². The van der Waals surface area contributed by atoms with E-state index in [0.717, 1.165) is 32.1 Å². The lowest BCUT2D eigenvalue weighted by Crippen LogP contribution is -2.39. The molecule has 1 aliphatic carbocycles. The van der Waals surface area contributed by atoms with Crippen LogP contribution in [-0.4, -0.2) is 36.3 Å². The summed E-state index contributed by atoms with van der Waals surface area (Å²) in [6, 6.07) is 6.76. The molecule has 0 atom stereocenters. The molecule has 1 saturated carbocycles. The minimum Gasteiger partial charge on any atom is -0.408 e. The molecule has 0 aliphatic heterocycles. The topological polar surface area (TPSA) is 102 Å². The molecule has 9 heteroatoms. The molecular formula is C16H18ClN3O4S. The van der Waals surface area contributed by atoms with Gasteiger partial charge in [-0.25, -0.2) is 8.42 Å². The van der Waals surface area contributed by atoms with Gasteiger partial charge < -0.3 is 9.73 Å². The fourth-order valence-corrected chi connectivity index (χ4v) is 3.97. The predicted octanol–water partition coefficient (Wildman–Crippen LogP) is 2.61. The third kappa shape index (κ3) is 4.38. The van der Waals surface area contributed by atoms with Crippen LogP contribution in [0, 0.1) is 0 Å². The molecule has 0 spiro atoms. The van der Waals surface area contributed by atoms with Gasteiger partial charge >= 0.3 is 5.22 Å². The smallest absolute Gasteiger partial charge is 0.336 e. The lowest BCUT2D eigenvalue weighted by atomic mass is 9.95. The molecule has 25 heavy (non-hydrogen) atoms. The molecule has 3 rings (SSSR count). The van der Waals surface area contributed by atoms with Gasteiger partial charge in [-0.3, -0.25) is 4.79 Å². The number of halogens is 1. The fourth-order valence-electron chi connectivity index (χ4n) is 2.83. The maximum absolute atomic E-state index is 12.3. The van der Waals surface area contributed by atoms with Crippen LogP contribution < -0.4 is 5.32 Å². The van der Waals surface area contributed by atoms with Crippen LogP contribution in [0.4, 0.5) is 0 Å². The molecule has 134 valence electrons. The van der Waals surface area contributed by atoms with Crippen molar-refractivity contribution in [2.24, 2.45) is 0 Å². The maximum Gasteiger partial charge on any atom is 0.336 e. The highest BCUT2D eigenvalue weighted by Crippen LogP contribution is 2.27. The Morgan fingerprint density at radius 2 is 1.92 bits per heavy atom. The lowest BCUT2D eigenvalue weighted by molar-refractivity contribution is -0.119. The molecule has 7 nitrogen and oxygen atoms in total. The molecule has 0 saturated heterocycles. The Morgan fingerprint density at radius 3 is 2.64 bits per heavy atom. The van der Waals surface area contributed by atoms with Gasteiger partial charge in [0.25, 0.3) is 0 Å². The standard InChI is InChI=1S/C16H18ClN3O4S/c17-13-9-5-4-8-12(13)15-19-20-16(24-15)25(22,23)10-14(21)18-11-6-2-1-3-7-11/h4-5,8-9,11H,1-3,6-7,10H2,(H,18,21). The first-order valence-corrected chi connectivity index (χ1v) is 10.1. The highest BCUT2D eigenvalue weighted by atomic mass is 35.5. The zero-order valence-corrected chi connectivity index (χ0v) is 15.0. The highest BCUT2D eigenvalue weighted by molar-refractivity contribution is 7.91. The zero-order valence-electron chi connectivity index (χ0n) is 13.4. The normalized spacial score (nSPS) is 15.9. The van der Waals surface area contributed by atoms with E-state index in [9.17, 15) is 13.2 Å². The van der Waals surface area contributed by atoms with Crippen molar-refractivity contribution in [1.82, 2.24) is 15.5 Å². The van der Waals surface area contributed by atoms with E-state index >= 15 is 0 Å². The van der Waals surface area contributed by atoms with E-state index in [4.69, 9.17) is 16.0 Å². The van der Waals surface area contributed by atoms with E-state index < -0.39 is 26.7 Å². The summed E-state index contributed by atoms with van der Waals surface area (Å²) in [5, 5.41) is 9.83. The van der Waals surface area contributed by atoms with Crippen molar-refractivity contribution >= 4 is 27.3 Å². The molecule has 1 aromatic heterocycles. The van der Waals surface area contributed by atoms with Crippen molar-refractivity contribution in [3.05, 3.63) is 29.3 Å². The third-order valence-electron chi connectivity index (χ3n) is 4.07. The minimum absolute atomic E-state index is 0.00290. The van der Waals surface area contributed by atoms with Crippen LogP contribution in [0.2, 0.25) is 5.02 Å². The van der Waals surface area contributed by atoms with Crippen molar-refractivity contribution < 1.29 is 17.6 Å². The summed E-state index contributed by atoms with van der Waals surface area (Å²) in [7, 11) is -4.01. The number of hydrogen-bond donors (Lipinski definition) is 1. The quantitative estimate of drug-likeness (QED) is 0.851. The van der Waals surface area contributed by atoms with Gasteiger partial charge in [-0.15, -0.1) is 5.10 Å². The summed E-state index contributed by atoms with van der Waals surface area (Å²) < 4.78 is 29.9. The van der Waals surface area contributed by atoms with Crippen LogP contribution in [-0.2, 0) is 14.6 Å². The lowest BCUT2D eigenvalue weighted by Gasteiger charge is -2.22. The number of hydrogen-bond acceptors (Lipinski definition) is 6. The summed E-state index contributed by atoms with van der Waals surface area (Å²) in [6.07, 6.45) is 4.99. The van der Waals surface area contributed by atoms with Gasteiger partial charge in [0.1, 0.15) is 5.75 Å². The summed E-state index contributed by atoms with van der Waals surface area (Å²) >= 11 is 6.03. The molecule has 1 aliphatic rings. The molecule has 1 fully saturated rings. The second-order valence-electron chi connectivity index (χ2n) is 6.01. The third-order valence-corrected chi connectivity index (χ3v) is 5.74. The number of nitrogens with zero attached hydrogens (tertiary/aromatic N) is 2. The number of sulfone groups is 1. The van der Waals surface area contributed by atoms with Crippen LogP contribution in [0.1, 0.15) is 32.1 Å². The van der Waals surface area contributed by atoms with Crippen molar-refractivity contribution in [3.63, 3.8) is 0 Å². The summed E-state index contributed by atoms with van der Waals surface area (Å²) in [6.45, 7) is 0. The van der Waals surface area contributed by atoms with Crippen LogP contribution in [0.5, 0.6) is 0 Å². The van der Waals surface area contributed by atoms with Crippen molar-refractivity contribution in [1.29, 1.82) is 0 Å². The van der Waals surface area contributed by atoms with Gasteiger partial charge in [0.15, 0.2) is 0 Å². The Morgan fingerprint density at radius 1 is 1.20 bits per heavy atom. The van der Waals surface area contributed by atoms with E-state index in [-0.39, 0.29) is 11.9 Å². The number of amides is 1. The molecule has 0 unspecified atom stereocenters. The van der Waals surface area contributed by atoms with E-state index in [2.05, 4.69) is 15.5 Å². The van der Waals surface area contributed by atoms with Gasteiger partial charge in [-0.2, -0.15) is 0 Å². The largest absolute Gasteiger partial charge is 0.408 e. The van der Waals surface area contributed by atoms with Crippen LogP contribution in [0.3, 0.4) is 0 Å². The molecule has 1 heterocycles. The summed E-state index contributed by atoms with van der Waals surface area (Å²) in [5.41, 5.74) is 0.435. The number of aromatic nitrogens is 2. The monoisotopic (exact) mass is 383 g/mol. The predicted molar refractivity (Wildman–Crippen MR) is 91.8 cm³/mol. The summed E-state index contributed by atoms with van der Waals surface area (Å²) in [4.78, 5) is 12.0. The average Bonchev–Trinajstić information content (AvgIpc) is 3.06. The first kappa shape index (κ1) is 17.9. The van der Waals surface area contributed by atoms with Crippen molar-refractivity contribution in [3.8, 4) is 11.5 Å². The highest BCUT2D eigenvalue weighted by Gasteiger charge is 2.28. The van der Waals surface area contributed by atoms with Crippen LogP contribution in [0.25, 0.3) is 11.5 Å². The Hall–Kier alpha value is -1.93. The first-order valence-electron chi connectivity index (χ1n) is 8.06. The second kappa shape index (κ2) is 7.53. The second-order valence-corrected chi connectivity index (χ2v) is 8.29. The molecule has 0 radical (unpaired) electrons. The molecule has 1 N–H and O–H groups in total. The fraction of sp³-hybridized carbons (Fsp3) is 0.438. The van der Waals surface area contributed by atoms with Gasteiger partial charge in [0.05, 0.1) is 10.6 Å². The number of carbonyl (C=O) groups excluding carboxylic acids is 1. The average molecular weight is 384 g/mol. The molecule has 0 bridgehead atoms. The number of benzene rings is 1. The first-order chi connectivity index (χ1) is 12.0. The van der Waals surface area contributed by atoms with E-state index in [1.54, 1.807) is 24.3 Å². The van der Waals surface area contributed by atoms with Gasteiger partial charge in [0, 0.05) is 6.04 Å². The van der Waals surface area contributed by atoms with Crippen molar-refractivity contribution in [2.45, 2.75) is 43.4 Å². The zero-order chi connectivity index (χ0) is 17.9. The van der Waals surface area contributed by atoms with Crippen molar-refractivity contribution in [2.75, 3.05) is 5.75 Å². The Bertz CT molecular complexity index is 860. The molecule has 1 amide bonds. The Balaban J connectivity index is 1.70. The Labute approximate surface area is 150 Å². The molecular weight excluding hydrogens is 366 g/mol. The van der Waals surface area contributed by atoms with Gasteiger partial charge in [0.2, 0.25) is 21.6 Å². The van der Waals surface area contributed by atoms with Crippen LogP contribution in [0.15, 0.2) is 33.9 Å². The molecule has 1 aromatic carbocycles. The van der Waals surface area contributed by atoms with E-state index in [1.807, 2.05) is 0 Å². The SMILES string of the molecule is O=C(CS(=O)(=O)c1nnc(-c2ccccc2Cl)o1)NC1CCCCC1. The van der Waals surface area contributed by atoms with E-state index in [0.29, 0.717) is 10.6 Å². The van der Waals surface area contributed by atoms with E-state index in [1.165, 1.54) is 0 Å². The summed E-state index contributed by atoms with van der Waals surface area (Å²) in [5.74, 6) is -1.27. The van der Waals surface area contributed by atoms with Gasteiger partial charge in [-0.05, 0) is 25.0 Å². The number of nitrogens with one attached hydrogen (secondary N) is 1. The maximum atomic E-state index is 12.3. The minimum atomic E-state index is -4.01. The number of rotatable bonds is 5. The molecule has 2 aromatic rings. The Kier molecular flexibility index (Phi) is 5.39. The van der Waals surface area contributed by atoms with Crippen LogP contribution >= 0.6 is 11.6 Å².